The van der Waals surface area contributed by atoms with Gasteiger partial charge in [0.05, 0.1) is 6.21 Å². The summed E-state index contributed by atoms with van der Waals surface area (Å²) < 4.78 is 27.2. The van der Waals surface area contributed by atoms with E-state index < -0.39 is 29.1 Å². The zero-order chi connectivity index (χ0) is 20.6. The molecule has 1 aliphatic rings. The maximum absolute atomic E-state index is 13.6. The van der Waals surface area contributed by atoms with Crippen LogP contribution < -0.4 is 10.6 Å². The number of imide groups is 1. The first-order valence-corrected chi connectivity index (χ1v) is 9.34. The van der Waals surface area contributed by atoms with Crippen molar-refractivity contribution < 1.29 is 23.2 Å². The summed E-state index contributed by atoms with van der Waals surface area (Å²) in [7, 11) is 0. The van der Waals surface area contributed by atoms with Crippen molar-refractivity contribution in [2.24, 2.45) is 11.1 Å². The normalized spacial score (nSPS) is 14.1. The van der Waals surface area contributed by atoms with Crippen molar-refractivity contribution in [2.45, 2.75) is 25.7 Å². The lowest BCUT2D eigenvalue weighted by molar-refractivity contribution is 0.0959. The van der Waals surface area contributed by atoms with Gasteiger partial charge in [0, 0.05) is 5.69 Å². The molecule has 0 unspecified atom stereocenters. The molecule has 1 aliphatic carbocycles. The summed E-state index contributed by atoms with van der Waals surface area (Å²) in [6.07, 6.45) is 6.44. The van der Waals surface area contributed by atoms with Crippen LogP contribution in [-0.4, -0.2) is 24.8 Å². The Hall–Kier alpha value is -3.29. The number of urea groups is 1. The van der Waals surface area contributed by atoms with Crippen molar-refractivity contribution in [1.29, 1.82) is 0 Å². The molecule has 0 atom stereocenters. The van der Waals surface area contributed by atoms with Crippen molar-refractivity contribution >= 4 is 23.8 Å². The molecule has 3 amide bonds. The number of hydrogen-bond acceptors (Lipinski definition) is 4. The molecule has 0 spiro atoms. The van der Waals surface area contributed by atoms with E-state index in [1.165, 1.54) is 25.7 Å². The van der Waals surface area contributed by atoms with Gasteiger partial charge in [-0.15, -0.1) is 0 Å². The van der Waals surface area contributed by atoms with Gasteiger partial charge in [0.25, 0.3) is 5.91 Å². The average molecular weight is 401 g/mol. The van der Waals surface area contributed by atoms with Crippen LogP contribution in [0.25, 0.3) is 0 Å². The minimum absolute atomic E-state index is 0.397. The van der Waals surface area contributed by atoms with Gasteiger partial charge < -0.3 is 10.2 Å². The third-order valence-electron chi connectivity index (χ3n) is 4.65. The molecule has 0 radical (unpaired) electrons. The molecule has 1 fully saturated rings. The Morgan fingerprint density at radius 1 is 1.07 bits per heavy atom. The number of carbonyl (C=O) groups excluding carboxylic acids is 2. The fourth-order valence-electron chi connectivity index (χ4n) is 3.12. The third-order valence-corrected chi connectivity index (χ3v) is 4.65. The zero-order valence-electron chi connectivity index (χ0n) is 15.7. The van der Waals surface area contributed by atoms with Crippen LogP contribution in [0.2, 0.25) is 0 Å². The smallest absolute Gasteiger partial charge is 0.326 e. The lowest BCUT2D eigenvalue weighted by Crippen LogP contribution is -2.35. The standard InChI is InChI=1S/C21H21F2N3O3/c22-17-6-3-7-18(23)19(17)20(27)26-21(28)25-16-10-8-14(9-11-16)12-24-29-13-15-4-1-2-5-15/h3,6-12,15H,1-2,4-5,13H2,(H2,25,26,27,28)/b24-12+. The number of amides is 3. The fourth-order valence-corrected chi connectivity index (χ4v) is 3.12. The number of hydrogen-bond donors (Lipinski definition) is 2. The second kappa shape index (κ2) is 9.77. The van der Waals surface area contributed by atoms with E-state index in [1.807, 2.05) is 5.32 Å². The number of nitrogens with zero attached hydrogens (tertiary/aromatic N) is 1. The van der Waals surface area contributed by atoms with Crippen LogP contribution in [0.3, 0.4) is 0 Å². The van der Waals surface area contributed by atoms with Crippen LogP contribution in [0.1, 0.15) is 41.6 Å². The molecule has 0 saturated heterocycles. The van der Waals surface area contributed by atoms with Gasteiger partial charge in [-0.05, 0) is 48.6 Å². The van der Waals surface area contributed by atoms with Crippen LogP contribution in [0.4, 0.5) is 19.3 Å². The Kier molecular flexibility index (Phi) is 6.89. The second-order valence-electron chi connectivity index (χ2n) is 6.81. The number of anilines is 1. The van der Waals surface area contributed by atoms with Gasteiger partial charge in [-0.25, -0.2) is 13.6 Å². The lowest BCUT2D eigenvalue weighted by Gasteiger charge is -2.08. The van der Waals surface area contributed by atoms with E-state index in [0.29, 0.717) is 18.2 Å². The Bertz CT molecular complexity index is 874. The molecular weight excluding hydrogens is 380 g/mol. The highest BCUT2D eigenvalue weighted by Gasteiger charge is 2.19. The second-order valence-corrected chi connectivity index (χ2v) is 6.81. The number of oxime groups is 1. The number of rotatable bonds is 6. The molecule has 8 heteroatoms. The summed E-state index contributed by atoms with van der Waals surface area (Å²) in [6, 6.07) is 8.72. The highest BCUT2D eigenvalue weighted by molar-refractivity contribution is 6.08. The maximum Gasteiger partial charge on any atom is 0.326 e. The van der Waals surface area contributed by atoms with Crippen LogP contribution in [-0.2, 0) is 4.84 Å². The largest absolute Gasteiger partial charge is 0.396 e. The van der Waals surface area contributed by atoms with E-state index in [2.05, 4.69) is 10.5 Å². The van der Waals surface area contributed by atoms with Gasteiger partial charge in [0.2, 0.25) is 0 Å². The molecule has 0 bridgehead atoms. The third kappa shape index (κ3) is 5.84. The molecule has 2 aromatic carbocycles. The topological polar surface area (TPSA) is 79.8 Å². The van der Waals surface area contributed by atoms with Crippen molar-refractivity contribution in [3.8, 4) is 0 Å². The number of carbonyl (C=O) groups is 2. The quantitative estimate of drug-likeness (QED) is 0.554. The molecule has 152 valence electrons. The Balaban J connectivity index is 1.48. The van der Waals surface area contributed by atoms with Gasteiger partial charge in [-0.2, -0.15) is 0 Å². The van der Waals surface area contributed by atoms with E-state index in [9.17, 15) is 18.4 Å². The van der Waals surface area contributed by atoms with E-state index in [-0.39, 0.29) is 0 Å². The van der Waals surface area contributed by atoms with E-state index >= 15 is 0 Å². The number of halogens is 2. The highest BCUT2D eigenvalue weighted by atomic mass is 19.1. The molecule has 29 heavy (non-hydrogen) atoms. The molecule has 2 N–H and O–H groups in total. The van der Waals surface area contributed by atoms with Gasteiger partial charge in [-0.1, -0.05) is 36.2 Å². The molecule has 0 heterocycles. The van der Waals surface area contributed by atoms with Crippen LogP contribution in [0.15, 0.2) is 47.6 Å². The monoisotopic (exact) mass is 401 g/mol. The zero-order valence-corrected chi connectivity index (χ0v) is 15.7. The van der Waals surface area contributed by atoms with Gasteiger partial charge in [-0.3, -0.25) is 10.1 Å². The molecule has 2 aromatic rings. The predicted octanol–water partition coefficient (Wildman–Crippen LogP) is 4.47. The summed E-state index contributed by atoms with van der Waals surface area (Å²) in [5.41, 5.74) is 0.354. The van der Waals surface area contributed by atoms with Crippen molar-refractivity contribution in [3.63, 3.8) is 0 Å². The Labute approximate surface area is 166 Å². The molecule has 0 aromatic heterocycles. The summed E-state index contributed by atoms with van der Waals surface area (Å²) >= 11 is 0. The van der Waals surface area contributed by atoms with Gasteiger partial charge >= 0.3 is 6.03 Å². The molecule has 6 nitrogen and oxygen atoms in total. The van der Waals surface area contributed by atoms with Crippen molar-refractivity contribution in [1.82, 2.24) is 5.32 Å². The molecule has 0 aliphatic heterocycles. The number of nitrogens with one attached hydrogen (secondary N) is 2. The van der Waals surface area contributed by atoms with E-state index in [4.69, 9.17) is 4.84 Å². The fraction of sp³-hybridized carbons (Fsp3) is 0.286. The van der Waals surface area contributed by atoms with E-state index in [1.54, 1.807) is 30.5 Å². The van der Waals surface area contributed by atoms with Gasteiger partial charge in [0.1, 0.15) is 23.8 Å². The van der Waals surface area contributed by atoms with Crippen molar-refractivity contribution in [3.05, 3.63) is 65.2 Å². The van der Waals surface area contributed by atoms with Crippen LogP contribution >= 0.6 is 0 Å². The Morgan fingerprint density at radius 3 is 2.38 bits per heavy atom. The summed E-state index contributed by atoms with van der Waals surface area (Å²) in [5, 5.41) is 8.26. The maximum atomic E-state index is 13.6. The summed E-state index contributed by atoms with van der Waals surface area (Å²) in [5.74, 6) is -2.68. The first-order chi connectivity index (χ1) is 14.0. The summed E-state index contributed by atoms with van der Waals surface area (Å²) in [4.78, 5) is 29.1. The minimum Gasteiger partial charge on any atom is -0.396 e. The highest BCUT2D eigenvalue weighted by Crippen LogP contribution is 2.24. The van der Waals surface area contributed by atoms with Crippen molar-refractivity contribution in [2.75, 3.05) is 11.9 Å². The lowest BCUT2D eigenvalue weighted by atomic mass is 10.1. The molecule has 1 saturated carbocycles. The van der Waals surface area contributed by atoms with Crippen LogP contribution in [0, 0.1) is 17.6 Å². The molecule has 3 rings (SSSR count). The predicted molar refractivity (Wildman–Crippen MR) is 105 cm³/mol. The van der Waals surface area contributed by atoms with E-state index in [0.717, 1.165) is 23.8 Å². The molecular formula is C21H21F2N3O3. The first-order valence-electron chi connectivity index (χ1n) is 9.34. The summed E-state index contributed by atoms with van der Waals surface area (Å²) in [6.45, 7) is 0.618. The SMILES string of the molecule is O=C(NC(=O)c1c(F)cccc1F)Nc1ccc(/C=N/OCC2CCCC2)cc1. The average Bonchev–Trinajstić information content (AvgIpc) is 3.20. The van der Waals surface area contributed by atoms with Gasteiger partial charge in [0.15, 0.2) is 0 Å². The minimum atomic E-state index is -1.17. The number of benzene rings is 2. The van der Waals surface area contributed by atoms with Crippen LogP contribution in [0.5, 0.6) is 0 Å². The first kappa shape index (κ1) is 20.4. The Morgan fingerprint density at radius 2 is 1.72 bits per heavy atom.